The Bertz CT molecular complexity index is 718. The molecule has 0 fully saturated rings. The zero-order valence-corrected chi connectivity index (χ0v) is 11.6. The Morgan fingerprint density at radius 1 is 0.750 bits per heavy atom. The molecule has 0 aliphatic heterocycles. The average molecular weight is 356 g/mol. The van der Waals surface area contributed by atoms with E-state index in [-0.39, 0.29) is 11.1 Å². The maximum absolute atomic E-state index is 12.8. The van der Waals surface area contributed by atoms with Crippen molar-refractivity contribution in [2.45, 2.75) is 19.0 Å². The number of alkyl halides is 8. The third-order valence-corrected chi connectivity index (χ3v) is 3.03. The Hall–Kier alpha value is -2.32. The van der Waals surface area contributed by atoms with Crippen LogP contribution in [0.15, 0.2) is 42.5 Å². The van der Waals surface area contributed by atoms with Crippen molar-refractivity contribution in [1.29, 1.82) is 0 Å². The van der Waals surface area contributed by atoms with Crippen molar-refractivity contribution in [3.8, 4) is 16.9 Å². The maximum atomic E-state index is 12.8. The molecule has 0 amide bonds. The summed E-state index contributed by atoms with van der Waals surface area (Å²) in [4.78, 5) is 0. The molecule has 130 valence electrons. The van der Waals surface area contributed by atoms with Crippen LogP contribution >= 0.6 is 0 Å². The summed E-state index contributed by atoms with van der Waals surface area (Å²) >= 11 is 0. The molecule has 1 nitrogen and oxygen atoms in total. The Morgan fingerprint density at radius 2 is 1.38 bits per heavy atom. The van der Waals surface area contributed by atoms with Crippen molar-refractivity contribution >= 4 is 0 Å². The van der Waals surface area contributed by atoms with Gasteiger partial charge in [-0.25, -0.2) is 0 Å². The molecule has 0 N–H and O–H groups in total. The largest absolute Gasteiger partial charge is 0.434 e. The minimum absolute atomic E-state index is 0.0855. The zero-order chi connectivity index (χ0) is 18.1. The molecule has 2 aromatic carbocycles. The van der Waals surface area contributed by atoms with Gasteiger partial charge in [-0.2, -0.15) is 35.1 Å². The van der Waals surface area contributed by atoms with E-state index in [4.69, 9.17) is 0 Å². The SMILES string of the molecule is FC(F)Oc1cc(-c2cccc(C(F)(F)F)c2)ccc1C(F)(F)F. The van der Waals surface area contributed by atoms with Crippen molar-refractivity contribution in [2.75, 3.05) is 0 Å². The molecule has 0 spiro atoms. The van der Waals surface area contributed by atoms with Gasteiger partial charge >= 0.3 is 19.0 Å². The van der Waals surface area contributed by atoms with E-state index < -0.39 is 35.8 Å². The lowest BCUT2D eigenvalue weighted by molar-refractivity contribution is -0.142. The molecule has 0 aliphatic carbocycles. The fourth-order valence-corrected chi connectivity index (χ4v) is 2.00. The highest BCUT2D eigenvalue weighted by atomic mass is 19.4. The summed E-state index contributed by atoms with van der Waals surface area (Å²) in [6.45, 7) is -3.51. The number of hydrogen-bond donors (Lipinski definition) is 0. The molecule has 0 atom stereocenters. The summed E-state index contributed by atoms with van der Waals surface area (Å²) in [5.41, 5.74) is -2.67. The topological polar surface area (TPSA) is 9.23 Å². The Balaban J connectivity index is 2.52. The summed E-state index contributed by atoms with van der Waals surface area (Å²) in [6.07, 6.45) is -9.60. The molecule has 24 heavy (non-hydrogen) atoms. The van der Waals surface area contributed by atoms with Crippen LogP contribution in [-0.2, 0) is 12.4 Å². The molecule has 2 aromatic rings. The van der Waals surface area contributed by atoms with Crippen molar-refractivity contribution in [2.24, 2.45) is 0 Å². The number of benzene rings is 2. The maximum Gasteiger partial charge on any atom is 0.419 e. The van der Waals surface area contributed by atoms with Crippen molar-refractivity contribution in [1.82, 2.24) is 0 Å². The lowest BCUT2D eigenvalue weighted by Gasteiger charge is -2.15. The van der Waals surface area contributed by atoms with Gasteiger partial charge in [-0.3, -0.25) is 0 Å². The Labute approximate surface area is 130 Å². The molecule has 9 heteroatoms. The summed E-state index contributed by atoms with van der Waals surface area (Å²) < 4.78 is 105. The quantitative estimate of drug-likeness (QED) is 0.614. The predicted octanol–water partition coefficient (Wildman–Crippen LogP) is 5.99. The molecular weight excluding hydrogens is 348 g/mol. The van der Waals surface area contributed by atoms with Gasteiger partial charge in [-0.15, -0.1) is 0 Å². The van der Waals surface area contributed by atoms with Gasteiger partial charge in [-0.1, -0.05) is 18.2 Å². The molecule has 0 aliphatic rings. The number of hydrogen-bond acceptors (Lipinski definition) is 1. The molecule has 0 saturated carbocycles. The molecular formula is C15H8F8O. The standard InChI is InChI=1S/C15H8F8O/c16-13(17)24-12-7-9(4-5-11(12)15(21,22)23)8-2-1-3-10(6-8)14(18,19)20/h1-7,13H. The second kappa shape index (κ2) is 6.29. The fraction of sp³-hybridized carbons (Fsp3) is 0.200. The predicted molar refractivity (Wildman–Crippen MR) is 68.5 cm³/mol. The van der Waals surface area contributed by atoms with Gasteiger partial charge in [0, 0.05) is 0 Å². The van der Waals surface area contributed by atoms with Crippen LogP contribution in [0.2, 0.25) is 0 Å². The smallest absolute Gasteiger partial charge is 0.419 e. The molecule has 0 heterocycles. The number of rotatable bonds is 3. The zero-order valence-electron chi connectivity index (χ0n) is 11.6. The van der Waals surface area contributed by atoms with E-state index >= 15 is 0 Å². The van der Waals surface area contributed by atoms with Gasteiger partial charge in [0.2, 0.25) is 0 Å². The second-order valence-corrected chi connectivity index (χ2v) is 4.67. The Kier molecular flexibility index (Phi) is 4.73. The molecule has 0 aromatic heterocycles. The van der Waals surface area contributed by atoms with Crippen LogP contribution < -0.4 is 4.74 Å². The highest BCUT2D eigenvalue weighted by molar-refractivity contribution is 5.67. The van der Waals surface area contributed by atoms with Crippen molar-refractivity contribution in [3.63, 3.8) is 0 Å². The van der Waals surface area contributed by atoms with Crippen LogP contribution in [0.5, 0.6) is 5.75 Å². The van der Waals surface area contributed by atoms with E-state index in [1.807, 2.05) is 0 Å². The third-order valence-electron chi connectivity index (χ3n) is 3.03. The first-order valence-corrected chi connectivity index (χ1v) is 6.32. The van der Waals surface area contributed by atoms with E-state index in [2.05, 4.69) is 4.74 Å². The van der Waals surface area contributed by atoms with Crippen LogP contribution in [0.25, 0.3) is 11.1 Å². The highest BCUT2D eigenvalue weighted by Crippen LogP contribution is 2.40. The van der Waals surface area contributed by atoms with E-state index in [9.17, 15) is 35.1 Å². The van der Waals surface area contributed by atoms with Crippen LogP contribution in [0.3, 0.4) is 0 Å². The molecule has 0 radical (unpaired) electrons. The number of halogens is 8. The summed E-state index contributed by atoms with van der Waals surface area (Å²) in [5, 5.41) is 0. The van der Waals surface area contributed by atoms with Crippen LogP contribution in [0.1, 0.15) is 11.1 Å². The Morgan fingerprint density at radius 3 is 1.92 bits per heavy atom. The van der Waals surface area contributed by atoms with E-state index in [0.29, 0.717) is 18.2 Å². The molecule has 0 bridgehead atoms. The lowest BCUT2D eigenvalue weighted by atomic mass is 10.0. The van der Waals surface area contributed by atoms with Crippen LogP contribution in [0.4, 0.5) is 35.1 Å². The molecule has 2 rings (SSSR count). The third kappa shape index (κ3) is 4.15. The minimum Gasteiger partial charge on any atom is -0.434 e. The first kappa shape index (κ1) is 18.0. The molecule has 0 unspecified atom stereocenters. The van der Waals surface area contributed by atoms with Gasteiger partial charge in [0.25, 0.3) is 0 Å². The van der Waals surface area contributed by atoms with Crippen LogP contribution in [-0.4, -0.2) is 6.61 Å². The van der Waals surface area contributed by atoms with E-state index in [1.165, 1.54) is 6.07 Å². The first-order chi connectivity index (χ1) is 11.0. The highest BCUT2D eigenvalue weighted by Gasteiger charge is 2.35. The normalized spacial score (nSPS) is 12.5. The fourth-order valence-electron chi connectivity index (χ4n) is 2.00. The minimum atomic E-state index is -4.95. The van der Waals surface area contributed by atoms with Gasteiger partial charge in [0.15, 0.2) is 0 Å². The molecule has 0 saturated heterocycles. The first-order valence-electron chi connectivity index (χ1n) is 6.32. The van der Waals surface area contributed by atoms with Crippen LogP contribution in [0, 0.1) is 0 Å². The van der Waals surface area contributed by atoms with Gasteiger partial charge in [0.05, 0.1) is 11.1 Å². The van der Waals surface area contributed by atoms with E-state index in [1.54, 1.807) is 0 Å². The summed E-state index contributed by atoms with van der Waals surface area (Å²) in [5.74, 6) is -1.16. The summed E-state index contributed by atoms with van der Waals surface area (Å²) in [7, 11) is 0. The van der Waals surface area contributed by atoms with Gasteiger partial charge < -0.3 is 4.74 Å². The van der Waals surface area contributed by atoms with Gasteiger partial charge in [0.1, 0.15) is 5.75 Å². The average Bonchev–Trinajstić information content (AvgIpc) is 2.44. The number of ether oxygens (including phenoxy) is 1. The second-order valence-electron chi connectivity index (χ2n) is 4.67. The monoisotopic (exact) mass is 356 g/mol. The van der Waals surface area contributed by atoms with Crippen molar-refractivity contribution < 1.29 is 39.9 Å². The van der Waals surface area contributed by atoms with E-state index in [0.717, 1.165) is 18.2 Å². The lowest BCUT2D eigenvalue weighted by Crippen LogP contribution is -2.11. The summed E-state index contributed by atoms with van der Waals surface area (Å²) in [6, 6.07) is 5.75. The van der Waals surface area contributed by atoms with Gasteiger partial charge in [-0.05, 0) is 35.4 Å². The van der Waals surface area contributed by atoms with Crippen molar-refractivity contribution in [3.05, 3.63) is 53.6 Å².